The summed E-state index contributed by atoms with van der Waals surface area (Å²) in [6.45, 7) is 1.25. The van der Waals surface area contributed by atoms with Crippen LogP contribution in [0.1, 0.15) is 12.8 Å². The maximum atomic E-state index is 11.1. The van der Waals surface area contributed by atoms with Gasteiger partial charge in [-0.05, 0) is 0 Å². The highest BCUT2D eigenvalue weighted by molar-refractivity contribution is 7.88. The molecule has 5 heteroatoms. The number of piperidine rings is 1. The smallest absolute Gasteiger partial charge is 0.211 e. The highest BCUT2D eigenvalue weighted by Gasteiger charge is 2.20. The third-order valence-corrected chi connectivity index (χ3v) is 3.56. The molecule has 1 aliphatic rings. The van der Waals surface area contributed by atoms with Gasteiger partial charge >= 0.3 is 0 Å². The Morgan fingerprint density at radius 2 is 1.83 bits per heavy atom. The Hall–Kier alpha value is -0.130. The molecule has 0 amide bonds. The molecule has 12 heavy (non-hydrogen) atoms. The second-order valence-electron chi connectivity index (χ2n) is 3.15. The number of hydrogen-bond acceptors (Lipinski definition) is 2. The maximum absolute atomic E-state index is 11.1. The van der Waals surface area contributed by atoms with Gasteiger partial charge in [-0.1, -0.05) is 12.8 Å². The molecular formula is C7H15N2O2S-. The fraction of sp³-hybridized carbons (Fsp3) is 1.00. The van der Waals surface area contributed by atoms with Crippen LogP contribution in [0.4, 0.5) is 0 Å². The van der Waals surface area contributed by atoms with Crippen molar-refractivity contribution in [2.45, 2.75) is 18.9 Å². The summed E-state index contributed by atoms with van der Waals surface area (Å²) in [4.78, 5) is 0. The maximum Gasteiger partial charge on any atom is 0.211 e. The Morgan fingerprint density at radius 1 is 1.33 bits per heavy atom. The summed E-state index contributed by atoms with van der Waals surface area (Å²) in [5.74, 6) is 0. The van der Waals surface area contributed by atoms with Gasteiger partial charge in [-0.2, -0.15) is 7.05 Å². The molecule has 0 aromatic heterocycles. The van der Waals surface area contributed by atoms with E-state index in [4.69, 9.17) is 0 Å². The van der Waals surface area contributed by atoms with Gasteiger partial charge in [0.15, 0.2) is 0 Å². The lowest BCUT2D eigenvalue weighted by molar-refractivity contribution is 0.336. The number of rotatable bonds is 2. The van der Waals surface area contributed by atoms with Crippen molar-refractivity contribution in [1.82, 2.24) is 4.31 Å². The number of sulfonamides is 1. The first kappa shape index (κ1) is 9.95. The van der Waals surface area contributed by atoms with Gasteiger partial charge in [0.1, 0.15) is 0 Å². The molecule has 0 aromatic rings. The Morgan fingerprint density at radius 3 is 2.17 bits per heavy atom. The van der Waals surface area contributed by atoms with Crippen LogP contribution in [0.25, 0.3) is 5.32 Å². The van der Waals surface area contributed by atoms with Crippen LogP contribution in [0.3, 0.4) is 0 Å². The summed E-state index contributed by atoms with van der Waals surface area (Å²) >= 11 is 0. The van der Waals surface area contributed by atoms with Gasteiger partial charge in [0.2, 0.25) is 10.0 Å². The molecule has 0 aromatic carbocycles. The molecule has 4 nitrogen and oxygen atoms in total. The van der Waals surface area contributed by atoms with Crippen molar-refractivity contribution in [3.05, 3.63) is 5.32 Å². The van der Waals surface area contributed by atoms with E-state index in [0.717, 1.165) is 12.8 Å². The Labute approximate surface area is 74.0 Å². The van der Waals surface area contributed by atoms with Gasteiger partial charge in [-0.3, -0.25) is 0 Å². The van der Waals surface area contributed by atoms with E-state index in [0.29, 0.717) is 19.1 Å². The van der Waals surface area contributed by atoms with E-state index in [2.05, 4.69) is 5.32 Å². The molecule has 0 radical (unpaired) electrons. The molecule has 0 atom stereocenters. The first-order valence-corrected chi connectivity index (χ1v) is 5.93. The summed E-state index contributed by atoms with van der Waals surface area (Å²) in [5.41, 5.74) is 0. The predicted molar refractivity (Wildman–Crippen MR) is 48.7 cm³/mol. The minimum absolute atomic E-state index is 0.364. The van der Waals surface area contributed by atoms with Gasteiger partial charge in [0, 0.05) is 13.1 Å². The van der Waals surface area contributed by atoms with Gasteiger partial charge in [0.05, 0.1) is 6.26 Å². The zero-order chi connectivity index (χ0) is 9.19. The summed E-state index contributed by atoms with van der Waals surface area (Å²) in [6.07, 6.45) is 2.99. The standard InChI is InChI=1S/C7H15N2O2S/c1-8-7-3-5-9(6-4-7)12(2,10)11/h7H,3-6H2,1-2H3/q-1. The molecule has 0 bridgehead atoms. The summed E-state index contributed by atoms with van der Waals surface area (Å²) in [7, 11) is -1.17. The SMILES string of the molecule is C[N-]C1CCN(S(C)(=O)=O)CC1. The van der Waals surface area contributed by atoms with Crippen molar-refractivity contribution >= 4 is 10.0 Å². The van der Waals surface area contributed by atoms with Crippen LogP contribution < -0.4 is 0 Å². The van der Waals surface area contributed by atoms with Crippen molar-refractivity contribution in [2.24, 2.45) is 0 Å². The Balaban J connectivity index is 2.47. The van der Waals surface area contributed by atoms with E-state index >= 15 is 0 Å². The molecule has 1 fully saturated rings. The van der Waals surface area contributed by atoms with E-state index < -0.39 is 10.0 Å². The van der Waals surface area contributed by atoms with Gasteiger partial charge in [-0.25, -0.2) is 12.7 Å². The molecule has 0 spiro atoms. The van der Waals surface area contributed by atoms with E-state index in [1.807, 2.05) is 0 Å². The largest absolute Gasteiger partial charge is 0.662 e. The fourth-order valence-electron chi connectivity index (χ4n) is 1.43. The first-order valence-electron chi connectivity index (χ1n) is 4.08. The molecule has 1 rings (SSSR count). The second kappa shape index (κ2) is 3.72. The molecule has 0 unspecified atom stereocenters. The lowest BCUT2D eigenvalue weighted by Gasteiger charge is -2.36. The molecule has 0 saturated carbocycles. The van der Waals surface area contributed by atoms with Crippen molar-refractivity contribution in [1.29, 1.82) is 0 Å². The monoisotopic (exact) mass is 191 g/mol. The quantitative estimate of drug-likeness (QED) is 0.635. The van der Waals surface area contributed by atoms with Crippen LogP contribution in [0, 0.1) is 0 Å². The second-order valence-corrected chi connectivity index (χ2v) is 5.13. The lowest BCUT2D eigenvalue weighted by Crippen LogP contribution is -2.39. The molecule has 1 aliphatic heterocycles. The van der Waals surface area contributed by atoms with E-state index in [1.165, 1.54) is 10.6 Å². The third-order valence-electron chi connectivity index (χ3n) is 2.26. The van der Waals surface area contributed by atoms with Gasteiger partial charge in [-0.15, -0.1) is 6.04 Å². The third kappa shape index (κ3) is 2.43. The Bertz CT molecular complexity index is 230. The zero-order valence-electron chi connectivity index (χ0n) is 7.52. The average Bonchev–Trinajstić information content (AvgIpc) is 2.03. The topological polar surface area (TPSA) is 51.5 Å². The highest BCUT2D eigenvalue weighted by Crippen LogP contribution is 2.17. The average molecular weight is 191 g/mol. The van der Waals surface area contributed by atoms with Crippen LogP contribution in [-0.2, 0) is 10.0 Å². The molecule has 0 N–H and O–H groups in total. The zero-order valence-corrected chi connectivity index (χ0v) is 8.34. The van der Waals surface area contributed by atoms with Crippen molar-refractivity contribution in [3.63, 3.8) is 0 Å². The predicted octanol–water partition coefficient (Wildman–Crippen LogP) is 0.414. The molecule has 72 valence electrons. The van der Waals surface area contributed by atoms with Crippen LogP contribution in [0.5, 0.6) is 0 Å². The van der Waals surface area contributed by atoms with Crippen LogP contribution in [0.15, 0.2) is 0 Å². The van der Waals surface area contributed by atoms with Gasteiger partial charge < -0.3 is 5.32 Å². The van der Waals surface area contributed by atoms with Crippen LogP contribution in [-0.4, -0.2) is 45.2 Å². The lowest BCUT2D eigenvalue weighted by atomic mass is 10.1. The minimum atomic E-state index is -2.97. The minimum Gasteiger partial charge on any atom is -0.662 e. The van der Waals surface area contributed by atoms with E-state index in [1.54, 1.807) is 7.05 Å². The fourth-order valence-corrected chi connectivity index (χ4v) is 2.31. The number of hydrogen-bond donors (Lipinski definition) is 0. The molecule has 0 aliphatic carbocycles. The van der Waals surface area contributed by atoms with Gasteiger partial charge in [0.25, 0.3) is 0 Å². The normalized spacial score (nSPS) is 22.8. The van der Waals surface area contributed by atoms with Crippen molar-refractivity contribution in [2.75, 3.05) is 26.4 Å². The Kier molecular flexibility index (Phi) is 3.09. The summed E-state index contributed by atoms with van der Waals surface area (Å²) in [6, 6.07) is 0.364. The van der Waals surface area contributed by atoms with Crippen molar-refractivity contribution < 1.29 is 8.42 Å². The van der Waals surface area contributed by atoms with Crippen LogP contribution in [0.2, 0.25) is 0 Å². The first-order chi connectivity index (χ1) is 5.54. The number of nitrogens with zero attached hydrogens (tertiary/aromatic N) is 2. The van der Waals surface area contributed by atoms with E-state index in [-0.39, 0.29) is 0 Å². The highest BCUT2D eigenvalue weighted by atomic mass is 32.2. The molecule has 1 saturated heterocycles. The van der Waals surface area contributed by atoms with E-state index in [9.17, 15) is 8.42 Å². The molecule has 1 heterocycles. The summed E-state index contributed by atoms with van der Waals surface area (Å²) in [5, 5.41) is 4.14. The van der Waals surface area contributed by atoms with Crippen molar-refractivity contribution in [3.8, 4) is 0 Å². The summed E-state index contributed by atoms with van der Waals surface area (Å²) < 4.78 is 23.7. The van der Waals surface area contributed by atoms with Crippen LogP contribution >= 0.6 is 0 Å². The molecular weight excluding hydrogens is 176 g/mol.